The summed E-state index contributed by atoms with van der Waals surface area (Å²) in [7, 11) is 0. The van der Waals surface area contributed by atoms with Crippen molar-refractivity contribution in [1.29, 1.82) is 0 Å². The van der Waals surface area contributed by atoms with Crippen LogP contribution in [0.15, 0.2) is 24.3 Å². The fraction of sp³-hybridized carbons (Fsp3) is 0.500. The molecule has 0 radical (unpaired) electrons. The van der Waals surface area contributed by atoms with Gasteiger partial charge in [0.25, 0.3) is 0 Å². The lowest BCUT2D eigenvalue weighted by atomic mass is 9.78. The third-order valence-corrected chi connectivity index (χ3v) is 5.10. The molecule has 1 amide bonds. The molecule has 1 aromatic carbocycles. The average molecular weight is 308 g/mol. The second-order valence-electron chi connectivity index (χ2n) is 6.07. The molecule has 0 heterocycles. The fourth-order valence-electron chi connectivity index (χ4n) is 3.98. The first-order chi connectivity index (χ1) is 10.1. The number of carboxylic acid groups (broad SMARTS) is 1. The number of carbonyl (C=O) groups is 2. The Balaban J connectivity index is 1.66. The molecule has 21 heavy (non-hydrogen) atoms. The van der Waals surface area contributed by atoms with Crippen LogP contribution in [0.3, 0.4) is 0 Å². The minimum absolute atomic E-state index is 0.130. The molecule has 2 N–H and O–H groups in total. The summed E-state index contributed by atoms with van der Waals surface area (Å²) in [6.45, 7) is 0.389. The molecule has 0 aromatic heterocycles. The fourth-order valence-corrected chi connectivity index (χ4v) is 4.19. The summed E-state index contributed by atoms with van der Waals surface area (Å²) >= 11 is 5.91. The van der Waals surface area contributed by atoms with Crippen molar-refractivity contribution in [2.24, 2.45) is 23.7 Å². The van der Waals surface area contributed by atoms with E-state index < -0.39 is 11.9 Å². The van der Waals surface area contributed by atoms with E-state index in [1.165, 1.54) is 0 Å². The van der Waals surface area contributed by atoms with Gasteiger partial charge < -0.3 is 10.4 Å². The Kier molecular flexibility index (Phi) is 3.89. The topological polar surface area (TPSA) is 66.4 Å². The van der Waals surface area contributed by atoms with E-state index in [0.29, 0.717) is 11.6 Å². The Morgan fingerprint density at radius 3 is 2.62 bits per heavy atom. The van der Waals surface area contributed by atoms with Gasteiger partial charge in [0.05, 0.1) is 11.8 Å². The molecule has 5 heteroatoms. The Labute approximate surface area is 128 Å². The maximum absolute atomic E-state index is 12.4. The summed E-state index contributed by atoms with van der Waals surface area (Å²) in [5.74, 6) is -1.44. The summed E-state index contributed by atoms with van der Waals surface area (Å²) in [4.78, 5) is 23.8. The van der Waals surface area contributed by atoms with Gasteiger partial charge in [0.1, 0.15) is 0 Å². The zero-order chi connectivity index (χ0) is 15.0. The Hall–Kier alpha value is -1.55. The van der Waals surface area contributed by atoms with E-state index in [9.17, 15) is 14.7 Å². The first-order valence-electron chi connectivity index (χ1n) is 7.31. The van der Waals surface area contributed by atoms with E-state index in [1.54, 1.807) is 12.1 Å². The van der Waals surface area contributed by atoms with Gasteiger partial charge in [0.2, 0.25) is 5.91 Å². The molecule has 4 atom stereocenters. The third kappa shape index (κ3) is 2.77. The number of aliphatic carboxylic acids is 1. The number of carboxylic acids is 1. The molecule has 0 unspecified atom stereocenters. The van der Waals surface area contributed by atoms with Crippen LogP contribution >= 0.6 is 11.6 Å². The van der Waals surface area contributed by atoms with Crippen LogP contribution < -0.4 is 5.32 Å². The van der Waals surface area contributed by atoms with Crippen molar-refractivity contribution in [3.8, 4) is 0 Å². The van der Waals surface area contributed by atoms with E-state index >= 15 is 0 Å². The highest BCUT2D eigenvalue weighted by molar-refractivity contribution is 6.30. The molecule has 3 rings (SSSR count). The zero-order valence-corrected chi connectivity index (χ0v) is 12.3. The predicted octanol–water partition coefficient (Wildman–Crippen LogP) is 2.70. The van der Waals surface area contributed by atoms with Crippen LogP contribution in [0.1, 0.15) is 24.8 Å². The molecule has 1 aromatic rings. The first-order valence-corrected chi connectivity index (χ1v) is 7.69. The quantitative estimate of drug-likeness (QED) is 0.899. The van der Waals surface area contributed by atoms with Crippen LogP contribution in [0.4, 0.5) is 0 Å². The van der Waals surface area contributed by atoms with Crippen molar-refractivity contribution in [3.05, 3.63) is 34.9 Å². The van der Waals surface area contributed by atoms with E-state index in [2.05, 4.69) is 5.32 Å². The van der Waals surface area contributed by atoms with Crippen LogP contribution in [0.2, 0.25) is 5.02 Å². The number of fused-ring (bicyclic) bond motifs is 2. The summed E-state index contributed by atoms with van der Waals surface area (Å²) in [6, 6.07) is 7.31. The molecule has 0 saturated heterocycles. The molecule has 2 bridgehead atoms. The van der Waals surface area contributed by atoms with Crippen molar-refractivity contribution in [2.75, 3.05) is 0 Å². The average Bonchev–Trinajstić information content (AvgIpc) is 3.05. The maximum atomic E-state index is 12.4. The van der Waals surface area contributed by atoms with Crippen LogP contribution in [-0.2, 0) is 16.1 Å². The van der Waals surface area contributed by atoms with Gasteiger partial charge >= 0.3 is 5.97 Å². The standard InChI is InChI=1S/C16H18ClNO3/c17-12-3-1-2-9(6-12)8-18-15(19)13-10-4-5-11(7-10)14(13)16(20)21/h1-3,6,10-11,13-14H,4-5,7-8H2,(H,18,19)(H,20,21)/t10-,11+,13-,14+/m0/s1. The summed E-state index contributed by atoms with van der Waals surface area (Å²) in [5, 5.41) is 12.9. The van der Waals surface area contributed by atoms with Gasteiger partial charge in [-0.3, -0.25) is 9.59 Å². The number of halogens is 1. The van der Waals surface area contributed by atoms with Crippen LogP contribution in [0.25, 0.3) is 0 Å². The molecule has 112 valence electrons. The molecule has 2 aliphatic rings. The van der Waals surface area contributed by atoms with Gasteiger partial charge in [-0.1, -0.05) is 23.7 Å². The first kappa shape index (κ1) is 14.4. The summed E-state index contributed by atoms with van der Waals surface area (Å²) in [6.07, 6.45) is 2.80. The molecule has 0 aliphatic heterocycles. The largest absolute Gasteiger partial charge is 0.481 e. The summed E-state index contributed by atoms with van der Waals surface area (Å²) in [5.41, 5.74) is 0.922. The van der Waals surface area contributed by atoms with E-state index in [0.717, 1.165) is 24.8 Å². The molecule has 4 nitrogen and oxygen atoms in total. The van der Waals surface area contributed by atoms with Gasteiger partial charge in [-0.15, -0.1) is 0 Å². The normalized spacial score (nSPS) is 30.3. The summed E-state index contributed by atoms with van der Waals surface area (Å²) < 4.78 is 0. The molecular formula is C16H18ClNO3. The third-order valence-electron chi connectivity index (χ3n) is 4.86. The molecule has 2 fully saturated rings. The highest BCUT2D eigenvalue weighted by atomic mass is 35.5. The monoisotopic (exact) mass is 307 g/mol. The van der Waals surface area contributed by atoms with Crippen LogP contribution in [-0.4, -0.2) is 17.0 Å². The highest BCUT2D eigenvalue weighted by Crippen LogP contribution is 2.52. The lowest BCUT2D eigenvalue weighted by Gasteiger charge is -2.27. The highest BCUT2D eigenvalue weighted by Gasteiger charge is 2.53. The smallest absolute Gasteiger partial charge is 0.307 e. The van der Waals surface area contributed by atoms with Crippen LogP contribution in [0.5, 0.6) is 0 Å². The minimum atomic E-state index is -0.829. The van der Waals surface area contributed by atoms with Gasteiger partial charge in [0.15, 0.2) is 0 Å². The van der Waals surface area contributed by atoms with Crippen molar-refractivity contribution in [3.63, 3.8) is 0 Å². The zero-order valence-electron chi connectivity index (χ0n) is 11.6. The van der Waals surface area contributed by atoms with E-state index in [1.807, 2.05) is 12.1 Å². The van der Waals surface area contributed by atoms with Crippen molar-refractivity contribution in [1.82, 2.24) is 5.32 Å². The Morgan fingerprint density at radius 2 is 1.95 bits per heavy atom. The lowest BCUT2D eigenvalue weighted by molar-refractivity contribution is -0.149. The molecule has 2 aliphatic carbocycles. The minimum Gasteiger partial charge on any atom is -0.481 e. The second-order valence-corrected chi connectivity index (χ2v) is 6.51. The molecule has 2 saturated carbocycles. The maximum Gasteiger partial charge on any atom is 0.307 e. The number of hydrogen-bond donors (Lipinski definition) is 2. The van der Waals surface area contributed by atoms with Gasteiger partial charge in [-0.2, -0.15) is 0 Å². The van der Waals surface area contributed by atoms with E-state index in [-0.39, 0.29) is 23.7 Å². The lowest BCUT2D eigenvalue weighted by Crippen LogP contribution is -2.41. The number of amides is 1. The van der Waals surface area contributed by atoms with Crippen molar-refractivity contribution >= 4 is 23.5 Å². The predicted molar refractivity (Wildman–Crippen MR) is 78.7 cm³/mol. The Morgan fingerprint density at radius 1 is 1.24 bits per heavy atom. The number of nitrogens with one attached hydrogen (secondary N) is 1. The number of hydrogen-bond acceptors (Lipinski definition) is 2. The molecule has 0 spiro atoms. The van der Waals surface area contributed by atoms with E-state index in [4.69, 9.17) is 11.6 Å². The second kappa shape index (κ2) is 5.68. The molecular weight excluding hydrogens is 290 g/mol. The number of benzene rings is 1. The van der Waals surface area contributed by atoms with Gasteiger partial charge in [-0.25, -0.2) is 0 Å². The van der Waals surface area contributed by atoms with Gasteiger partial charge in [0, 0.05) is 11.6 Å². The van der Waals surface area contributed by atoms with Crippen LogP contribution in [0, 0.1) is 23.7 Å². The number of carbonyl (C=O) groups excluding carboxylic acids is 1. The van der Waals surface area contributed by atoms with Crippen molar-refractivity contribution < 1.29 is 14.7 Å². The SMILES string of the molecule is O=C(O)[C@@H]1[C@@H]2CC[C@@H](C2)[C@@H]1C(=O)NCc1cccc(Cl)c1. The number of rotatable bonds is 4. The van der Waals surface area contributed by atoms with Crippen molar-refractivity contribution in [2.45, 2.75) is 25.8 Å². The Bertz CT molecular complexity index is 574. The van der Waals surface area contributed by atoms with Gasteiger partial charge in [-0.05, 0) is 48.8 Å².